The summed E-state index contributed by atoms with van der Waals surface area (Å²) in [5, 5.41) is 10.4. The lowest BCUT2D eigenvalue weighted by Gasteiger charge is -2.30. The molecule has 0 amide bonds. The van der Waals surface area contributed by atoms with Crippen molar-refractivity contribution in [3.8, 4) is 0 Å². The topological polar surface area (TPSA) is 120 Å². The van der Waals surface area contributed by atoms with Gasteiger partial charge in [-0.2, -0.15) is 0 Å². The number of fused-ring (bicyclic) bond motifs is 1. The molecule has 2 aliphatic heterocycles. The monoisotopic (exact) mass is 350 g/mol. The molecule has 2 fully saturated rings. The average molecular weight is 350 g/mol. The van der Waals surface area contributed by atoms with Crippen LogP contribution >= 0.6 is 18.2 Å². The van der Waals surface area contributed by atoms with Gasteiger partial charge in [0.05, 0.1) is 6.61 Å². The second kappa shape index (κ2) is 5.63. The van der Waals surface area contributed by atoms with E-state index in [0.717, 1.165) is 15.9 Å². The number of aryl methyl sites for hydroxylation is 1. The zero-order chi connectivity index (χ0) is 16.1. The number of aliphatic hydroxyl groups is 1. The van der Waals surface area contributed by atoms with Gasteiger partial charge in [-0.25, -0.2) is 9.36 Å². The fourth-order valence-electron chi connectivity index (χ4n) is 2.43. The van der Waals surface area contributed by atoms with Gasteiger partial charge in [0.15, 0.2) is 6.23 Å². The molecule has 0 aromatic carbocycles. The summed E-state index contributed by atoms with van der Waals surface area (Å²) in [6.45, 7) is -1.79. The van der Waals surface area contributed by atoms with E-state index in [1.54, 1.807) is 6.26 Å². The third kappa shape index (κ3) is 2.60. The van der Waals surface area contributed by atoms with Crippen molar-refractivity contribution in [2.24, 2.45) is 0 Å². The number of nitrogens with zero attached hydrogens (tertiary/aromatic N) is 1. The van der Waals surface area contributed by atoms with Crippen LogP contribution in [0.2, 0.25) is 0 Å². The predicted octanol–water partition coefficient (Wildman–Crippen LogP) is -0.0102. The van der Waals surface area contributed by atoms with Gasteiger partial charge in [0.1, 0.15) is 18.3 Å². The average Bonchev–Trinajstić information content (AvgIpc) is 2.80. The predicted molar refractivity (Wildman–Crippen MR) is 77.9 cm³/mol. The van der Waals surface area contributed by atoms with Crippen LogP contribution in [0.5, 0.6) is 0 Å². The summed E-state index contributed by atoms with van der Waals surface area (Å²) in [6, 6.07) is 0. The number of aliphatic hydroxyl groups excluding tert-OH is 1. The van der Waals surface area contributed by atoms with Gasteiger partial charge in [0.2, 0.25) is 0 Å². The van der Waals surface area contributed by atoms with E-state index in [1.165, 1.54) is 13.1 Å². The number of aromatic amines is 1. The minimum Gasteiger partial charge on any atom is -0.386 e. The summed E-state index contributed by atoms with van der Waals surface area (Å²) in [4.78, 5) is 25.4. The Morgan fingerprint density at radius 3 is 2.91 bits per heavy atom. The van der Waals surface area contributed by atoms with Crippen molar-refractivity contribution >= 4 is 18.2 Å². The van der Waals surface area contributed by atoms with Crippen molar-refractivity contribution in [3.05, 3.63) is 32.6 Å². The van der Waals surface area contributed by atoms with Crippen LogP contribution in [0.3, 0.4) is 0 Å². The highest BCUT2D eigenvalue weighted by Crippen LogP contribution is 2.63. The van der Waals surface area contributed by atoms with Crippen LogP contribution < -0.4 is 11.2 Å². The lowest BCUT2D eigenvalue weighted by molar-refractivity contribution is -0.0593. The quantitative estimate of drug-likeness (QED) is 0.715. The first-order valence-corrected chi connectivity index (χ1v) is 9.86. The highest BCUT2D eigenvalue weighted by Gasteiger charge is 2.52. The number of hydrogen-bond acceptors (Lipinski definition) is 8. The van der Waals surface area contributed by atoms with Crippen LogP contribution in [-0.2, 0) is 18.3 Å². The van der Waals surface area contributed by atoms with Crippen molar-refractivity contribution in [3.63, 3.8) is 0 Å². The molecule has 0 saturated carbocycles. The zero-order valence-electron chi connectivity index (χ0n) is 11.8. The lowest BCUT2D eigenvalue weighted by atomic mass is 10.1. The number of H-pyrrole nitrogens is 1. The van der Waals surface area contributed by atoms with E-state index in [4.69, 9.17) is 13.8 Å². The van der Waals surface area contributed by atoms with Crippen LogP contribution in [0.4, 0.5) is 0 Å². The summed E-state index contributed by atoms with van der Waals surface area (Å²) in [6.07, 6.45) is -0.880. The molecule has 2 N–H and O–H groups in total. The first-order chi connectivity index (χ1) is 10.3. The van der Waals surface area contributed by atoms with Crippen molar-refractivity contribution in [1.29, 1.82) is 0 Å². The second-order valence-corrected chi connectivity index (χ2v) is 9.20. The Morgan fingerprint density at radius 2 is 2.23 bits per heavy atom. The third-order valence-corrected chi connectivity index (χ3v) is 6.93. The number of ether oxygens (including phenoxy) is 1. The summed E-state index contributed by atoms with van der Waals surface area (Å²) in [5.74, 6) is 0. The largest absolute Gasteiger partial charge is 0.389 e. The molecule has 22 heavy (non-hydrogen) atoms. The standard InChI is InChI=1S/C11H15N2O7PS/c1-5-3-13(11(16)12-9(5)15)10-7(14)8-6(19-10)4-18-21(17,20-8)22-2/h3,6-8,10,14H,4H2,1-2H3,(H,12,15,16)/t6-,7?,8?,10-,21?/m1/s1. The van der Waals surface area contributed by atoms with Gasteiger partial charge in [-0.3, -0.25) is 23.4 Å². The summed E-state index contributed by atoms with van der Waals surface area (Å²) in [5.41, 5.74) is -0.901. The van der Waals surface area contributed by atoms with Gasteiger partial charge >= 0.3 is 12.5 Å². The minimum atomic E-state index is -3.32. The van der Waals surface area contributed by atoms with Crippen LogP contribution in [-0.4, -0.2) is 45.8 Å². The van der Waals surface area contributed by atoms with Crippen molar-refractivity contribution < 1.29 is 23.5 Å². The van der Waals surface area contributed by atoms with Crippen molar-refractivity contribution in [1.82, 2.24) is 9.55 Å². The molecule has 2 aliphatic rings. The van der Waals surface area contributed by atoms with Gasteiger partial charge in [-0.15, -0.1) is 0 Å². The minimum absolute atomic E-state index is 0.00652. The smallest absolute Gasteiger partial charge is 0.386 e. The summed E-state index contributed by atoms with van der Waals surface area (Å²) < 4.78 is 29.3. The molecule has 0 spiro atoms. The molecule has 9 nitrogen and oxygen atoms in total. The maximum absolute atomic E-state index is 12.1. The Bertz CT molecular complexity index is 747. The third-order valence-electron chi connectivity index (χ3n) is 3.60. The molecular weight excluding hydrogens is 335 g/mol. The molecule has 122 valence electrons. The Labute approximate surface area is 128 Å². The van der Waals surface area contributed by atoms with E-state index in [2.05, 4.69) is 4.98 Å². The van der Waals surface area contributed by atoms with Gasteiger partial charge in [0.25, 0.3) is 5.56 Å². The van der Waals surface area contributed by atoms with Crippen LogP contribution in [0.1, 0.15) is 11.8 Å². The van der Waals surface area contributed by atoms with Gasteiger partial charge < -0.3 is 9.84 Å². The molecule has 3 rings (SSSR count). The molecule has 0 bridgehead atoms. The molecule has 1 aromatic heterocycles. The van der Waals surface area contributed by atoms with E-state index in [1.807, 2.05) is 0 Å². The maximum atomic E-state index is 12.1. The Morgan fingerprint density at radius 1 is 1.50 bits per heavy atom. The van der Waals surface area contributed by atoms with Crippen LogP contribution in [0.25, 0.3) is 0 Å². The Balaban J connectivity index is 1.93. The molecule has 11 heteroatoms. The number of rotatable bonds is 2. The highest BCUT2D eigenvalue weighted by molar-refractivity contribution is 8.54. The first kappa shape index (κ1) is 16.0. The molecule has 2 saturated heterocycles. The van der Waals surface area contributed by atoms with Gasteiger partial charge in [0, 0.05) is 11.8 Å². The fraction of sp³-hybridized carbons (Fsp3) is 0.636. The maximum Gasteiger partial charge on any atom is 0.389 e. The molecule has 3 unspecified atom stereocenters. The fourth-order valence-corrected chi connectivity index (χ4v) is 4.62. The first-order valence-electron chi connectivity index (χ1n) is 6.49. The summed E-state index contributed by atoms with van der Waals surface area (Å²) >= 11 is 0.932. The molecule has 0 radical (unpaired) electrons. The van der Waals surface area contributed by atoms with Crippen molar-refractivity contribution in [2.45, 2.75) is 31.5 Å². The van der Waals surface area contributed by atoms with Gasteiger partial charge in [-0.05, 0) is 24.6 Å². The van der Waals surface area contributed by atoms with E-state index >= 15 is 0 Å². The number of nitrogens with one attached hydrogen (secondary N) is 1. The molecule has 0 aliphatic carbocycles. The molecule has 3 heterocycles. The van der Waals surface area contributed by atoms with E-state index in [-0.39, 0.29) is 6.61 Å². The molecule has 5 atom stereocenters. The Hall–Kier alpha value is -0.900. The van der Waals surface area contributed by atoms with E-state index in [0.29, 0.717) is 5.56 Å². The number of aromatic nitrogens is 2. The SMILES string of the molecule is CSP1(=O)OC[C@H]2O[C@@H](n3cc(C)c(=O)[nH]c3=O)C(O)C2O1. The second-order valence-electron chi connectivity index (χ2n) is 5.03. The highest BCUT2D eigenvalue weighted by atomic mass is 32.7. The van der Waals surface area contributed by atoms with E-state index < -0.39 is 42.6 Å². The van der Waals surface area contributed by atoms with Crippen LogP contribution in [0, 0.1) is 6.92 Å². The zero-order valence-corrected chi connectivity index (χ0v) is 13.5. The molecule has 1 aromatic rings. The van der Waals surface area contributed by atoms with Crippen LogP contribution in [0.15, 0.2) is 15.8 Å². The normalized spacial score (nSPS) is 38.0. The van der Waals surface area contributed by atoms with E-state index in [9.17, 15) is 19.3 Å². The molecular formula is C11H15N2O7PS. The number of hydrogen-bond donors (Lipinski definition) is 2. The van der Waals surface area contributed by atoms with Crippen molar-refractivity contribution in [2.75, 3.05) is 12.9 Å². The lowest BCUT2D eigenvalue weighted by Crippen LogP contribution is -2.40. The Kier molecular flexibility index (Phi) is 4.09. The van der Waals surface area contributed by atoms with Gasteiger partial charge in [-0.1, -0.05) is 0 Å². The summed E-state index contributed by atoms with van der Waals surface area (Å²) in [7, 11) is 0.